The van der Waals surface area contributed by atoms with Gasteiger partial charge in [0.2, 0.25) is 11.7 Å². The fourth-order valence-corrected chi connectivity index (χ4v) is 3.98. The molecule has 5 heteroatoms. The Hall–Kier alpha value is -1.26. The van der Waals surface area contributed by atoms with Crippen molar-refractivity contribution in [2.75, 3.05) is 5.75 Å². The molecule has 3 nitrogen and oxygen atoms in total. The second-order valence-corrected chi connectivity index (χ2v) is 6.21. The molecule has 0 radical (unpaired) electrons. The molecule has 2 heterocycles. The van der Waals surface area contributed by atoms with Gasteiger partial charge in [0.25, 0.3) is 0 Å². The molecular formula is C14H12ClNO2S. The number of halogens is 1. The van der Waals surface area contributed by atoms with Gasteiger partial charge in [-0.15, -0.1) is 23.4 Å². The third kappa shape index (κ3) is 1.90. The van der Waals surface area contributed by atoms with Crippen LogP contribution in [0.4, 0.5) is 0 Å². The monoisotopic (exact) mass is 293 g/mol. The first kappa shape index (κ1) is 12.8. The molecule has 0 unspecified atom stereocenters. The van der Waals surface area contributed by atoms with Crippen molar-refractivity contribution in [3.8, 4) is 0 Å². The number of carbonyl (C=O) groups excluding carboxylic acids is 2. The Kier molecular flexibility index (Phi) is 3.15. The summed E-state index contributed by atoms with van der Waals surface area (Å²) in [5.74, 6) is 0.476. The highest BCUT2D eigenvalue weighted by Gasteiger charge is 2.51. The van der Waals surface area contributed by atoms with Crippen LogP contribution in [0.5, 0.6) is 0 Å². The number of Topliss-reactive ketones (excluding diaryl/α,β-unsaturated/α-hetero) is 1. The molecule has 3 rings (SSSR count). The summed E-state index contributed by atoms with van der Waals surface area (Å²) in [5.41, 5.74) is 2.05. The highest BCUT2D eigenvalue weighted by Crippen LogP contribution is 2.43. The summed E-state index contributed by atoms with van der Waals surface area (Å²) in [5, 5.41) is -0.600. The van der Waals surface area contributed by atoms with Gasteiger partial charge in [-0.1, -0.05) is 30.3 Å². The molecule has 0 N–H and O–H groups in total. The summed E-state index contributed by atoms with van der Waals surface area (Å²) in [6.45, 7) is 1.90. The van der Waals surface area contributed by atoms with Gasteiger partial charge >= 0.3 is 0 Å². The largest absolute Gasteiger partial charge is 0.293 e. The van der Waals surface area contributed by atoms with Gasteiger partial charge in [0, 0.05) is 11.3 Å². The number of allylic oxidation sites excluding steroid dienone is 1. The molecule has 1 aromatic rings. The maximum absolute atomic E-state index is 12.5. The Morgan fingerprint density at radius 2 is 2.05 bits per heavy atom. The highest BCUT2D eigenvalue weighted by molar-refractivity contribution is 8.00. The van der Waals surface area contributed by atoms with E-state index < -0.39 is 5.38 Å². The molecule has 2 atom stereocenters. The molecule has 19 heavy (non-hydrogen) atoms. The van der Waals surface area contributed by atoms with E-state index in [1.807, 2.05) is 25.1 Å². The second-order valence-electron chi connectivity index (χ2n) is 4.64. The van der Waals surface area contributed by atoms with Gasteiger partial charge in [0.05, 0.1) is 5.70 Å². The van der Waals surface area contributed by atoms with Crippen molar-refractivity contribution in [3.63, 3.8) is 0 Å². The second kappa shape index (κ2) is 4.69. The van der Waals surface area contributed by atoms with Crippen LogP contribution in [0.1, 0.15) is 17.3 Å². The Bertz CT molecular complexity index is 584. The van der Waals surface area contributed by atoms with E-state index >= 15 is 0 Å². The minimum absolute atomic E-state index is 0.0967. The zero-order valence-corrected chi connectivity index (χ0v) is 11.9. The van der Waals surface area contributed by atoms with Crippen molar-refractivity contribution in [1.82, 2.24) is 4.90 Å². The number of rotatable bonds is 2. The number of nitrogens with zero attached hydrogens (tertiary/aromatic N) is 1. The maximum atomic E-state index is 12.5. The smallest absolute Gasteiger partial charge is 0.249 e. The summed E-state index contributed by atoms with van der Waals surface area (Å²) in [6.07, 6.45) is 0. The van der Waals surface area contributed by atoms with Crippen LogP contribution in [0.2, 0.25) is 0 Å². The fourth-order valence-electron chi connectivity index (χ4n) is 2.34. The van der Waals surface area contributed by atoms with Crippen molar-refractivity contribution in [1.29, 1.82) is 0 Å². The fraction of sp³-hybridized carbons (Fsp3) is 0.286. The van der Waals surface area contributed by atoms with E-state index in [9.17, 15) is 9.59 Å². The predicted molar refractivity (Wildman–Crippen MR) is 76.2 cm³/mol. The number of hydrogen-bond acceptors (Lipinski definition) is 3. The third-order valence-electron chi connectivity index (χ3n) is 3.34. The number of hydrogen-bond donors (Lipinski definition) is 0. The molecule has 0 bridgehead atoms. The first-order valence-corrected chi connectivity index (χ1v) is 7.48. The molecule has 0 spiro atoms. The van der Waals surface area contributed by atoms with Crippen LogP contribution < -0.4 is 0 Å². The molecule has 1 saturated heterocycles. The van der Waals surface area contributed by atoms with E-state index in [1.165, 1.54) is 0 Å². The summed E-state index contributed by atoms with van der Waals surface area (Å²) in [7, 11) is 0. The Morgan fingerprint density at radius 3 is 2.74 bits per heavy atom. The summed E-state index contributed by atoms with van der Waals surface area (Å²) in [6, 6.07) is 9.03. The normalized spacial score (nSPS) is 26.0. The number of ketones is 1. The van der Waals surface area contributed by atoms with Gasteiger partial charge in [0.1, 0.15) is 10.8 Å². The average Bonchev–Trinajstić information content (AvgIpc) is 2.46. The lowest BCUT2D eigenvalue weighted by molar-refractivity contribution is -0.137. The molecule has 98 valence electrons. The predicted octanol–water partition coefficient (Wildman–Crippen LogP) is 2.67. The first-order valence-electron chi connectivity index (χ1n) is 5.99. The van der Waals surface area contributed by atoms with E-state index in [0.717, 1.165) is 11.3 Å². The minimum atomic E-state index is -0.503. The van der Waals surface area contributed by atoms with Gasteiger partial charge in [-0.25, -0.2) is 0 Å². The van der Waals surface area contributed by atoms with Crippen molar-refractivity contribution < 1.29 is 9.59 Å². The van der Waals surface area contributed by atoms with Crippen LogP contribution in [0, 0.1) is 0 Å². The van der Waals surface area contributed by atoms with Crippen LogP contribution in [0.25, 0.3) is 0 Å². The van der Waals surface area contributed by atoms with Crippen molar-refractivity contribution in [2.24, 2.45) is 0 Å². The zero-order chi connectivity index (χ0) is 13.6. The number of carbonyl (C=O) groups is 2. The van der Waals surface area contributed by atoms with E-state index in [0.29, 0.717) is 11.3 Å². The zero-order valence-electron chi connectivity index (χ0n) is 10.3. The van der Waals surface area contributed by atoms with Crippen molar-refractivity contribution in [2.45, 2.75) is 17.7 Å². The molecular weight excluding hydrogens is 282 g/mol. The lowest BCUT2D eigenvalue weighted by atomic mass is 10.0. The number of alkyl halides is 1. The SMILES string of the molecule is CC1=C(C(=O)c2ccccc2)N2C(=O)[C@H](Cl)[C@@H]2SC1. The molecule has 1 amide bonds. The molecule has 2 aliphatic rings. The Balaban J connectivity index is 1.99. The Morgan fingerprint density at radius 1 is 1.37 bits per heavy atom. The molecule has 0 aliphatic carbocycles. The average molecular weight is 294 g/mol. The quantitative estimate of drug-likeness (QED) is 0.478. The van der Waals surface area contributed by atoms with Gasteiger partial charge in [-0.3, -0.25) is 14.5 Å². The van der Waals surface area contributed by atoms with Crippen molar-refractivity contribution in [3.05, 3.63) is 47.2 Å². The maximum Gasteiger partial charge on any atom is 0.249 e. The molecule has 0 aromatic heterocycles. The van der Waals surface area contributed by atoms with E-state index in [1.54, 1.807) is 28.8 Å². The molecule has 1 aromatic carbocycles. The number of amides is 1. The number of thioether (sulfide) groups is 1. The van der Waals surface area contributed by atoms with Crippen LogP contribution in [-0.4, -0.2) is 33.1 Å². The third-order valence-corrected chi connectivity index (χ3v) is 5.34. The molecule has 0 saturated carbocycles. The summed E-state index contributed by atoms with van der Waals surface area (Å²) < 4.78 is 0. The lowest BCUT2D eigenvalue weighted by Crippen LogP contribution is -2.62. The number of fused-ring (bicyclic) bond motifs is 1. The van der Waals surface area contributed by atoms with Gasteiger partial charge < -0.3 is 0 Å². The van der Waals surface area contributed by atoms with Gasteiger partial charge in [0.15, 0.2) is 0 Å². The first-order chi connectivity index (χ1) is 9.11. The minimum Gasteiger partial charge on any atom is -0.293 e. The van der Waals surface area contributed by atoms with Gasteiger partial charge in [-0.05, 0) is 12.5 Å². The number of benzene rings is 1. The Labute approximate surface area is 120 Å². The highest BCUT2D eigenvalue weighted by atomic mass is 35.5. The standard InChI is InChI=1S/C14H12ClNO2S/c1-8-7-19-14-10(15)13(18)16(14)11(8)12(17)9-5-3-2-4-6-9/h2-6,10,14H,7H2,1H3/t10-,14-/m0/s1. The van der Waals surface area contributed by atoms with Gasteiger partial charge in [-0.2, -0.15) is 0 Å². The number of β-lactam (4-membered cyclic amide) rings is 1. The lowest BCUT2D eigenvalue weighted by Gasteiger charge is -2.47. The van der Waals surface area contributed by atoms with E-state index in [4.69, 9.17) is 11.6 Å². The summed E-state index contributed by atoms with van der Waals surface area (Å²) in [4.78, 5) is 26.0. The van der Waals surface area contributed by atoms with Crippen molar-refractivity contribution >= 4 is 35.1 Å². The topological polar surface area (TPSA) is 37.4 Å². The summed E-state index contributed by atoms with van der Waals surface area (Å²) >= 11 is 7.60. The van der Waals surface area contributed by atoms with Crippen LogP contribution >= 0.6 is 23.4 Å². The van der Waals surface area contributed by atoms with Crippen LogP contribution in [0.15, 0.2) is 41.6 Å². The van der Waals surface area contributed by atoms with E-state index in [2.05, 4.69) is 0 Å². The molecule has 2 aliphatic heterocycles. The van der Waals surface area contributed by atoms with Crippen LogP contribution in [0.3, 0.4) is 0 Å². The van der Waals surface area contributed by atoms with E-state index in [-0.39, 0.29) is 17.1 Å². The molecule has 1 fully saturated rings. The van der Waals surface area contributed by atoms with Crippen LogP contribution in [-0.2, 0) is 4.79 Å².